The maximum Gasteiger partial charge on any atom is 0.0584 e. The van der Waals surface area contributed by atoms with Gasteiger partial charge in [0, 0.05) is 24.7 Å². The molecule has 0 bridgehead atoms. The van der Waals surface area contributed by atoms with Crippen LogP contribution in [0.3, 0.4) is 0 Å². The van der Waals surface area contributed by atoms with Crippen molar-refractivity contribution in [3.05, 3.63) is 0 Å². The van der Waals surface area contributed by atoms with E-state index in [0.29, 0.717) is 12.1 Å². The number of aliphatic hydroxyl groups excluding tert-OH is 1. The summed E-state index contributed by atoms with van der Waals surface area (Å²) in [6.45, 7) is 5.72. The minimum atomic E-state index is 0.255. The Hall–Kier alpha value is -0.120. The Morgan fingerprint density at radius 2 is 2.31 bits per heavy atom. The van der Waals surface area contributed by atoms with Gasteiger partial charge in [-0.25, -0.2) is 0 Å². The van der Waals surface area contributed by atoms with Gasteiger partial charge in [-0.15, -0.1) is 0 Å². The van der Waals surface area contributed by atoms with Crippen molar-refractivity contribution < 1.29 is 5.11 Å². The Bertz CT molecular complexity index is 138. The second-order valence-electron chi connectivity index (χ2n) is 4.18. The molecule has 0 aliphatic carbocycles. The van der Waals surface area contributed by atoms with Gasteiger partial charge in [0.2, 0.25) is 0 Å². The zero-order valence-corrected chi connectivity index (χ0v) is 8.95. The Kier molecular flexibility index (Phi) is 4.16. The maximum absolute atomic E-state index is 9.04. The van der Waals surface area contributed by atoms with E-state index in [4.69, 9.17) is 5.11 Å². The largest absolute Gasteiger partial charge is 0.395 e. The standard InChI is InChI=1S/C10H22N2O/c1-4-9(7-13)11-10-5-8(2)12(3)6-10/h8-11,13H,4-7H2,1-3H3/t8?,9-,10?/m0/s1. The summed E-state index contributed by atoms with van der Waals surface area (Å²) in [5, 5.41) is 12.5. The van der Waals surface area contributed by atoms with Crippen molar-refractivity contribution in [1.29, 1.82) is 0 Å². The number of hydrogen-bond acceptors (Lipinski definition) is 3. The number of nitrogens with one attached hydrogen (secondary N) is 1. The molecular weight excluding hydrogens is 164 g/mol. The summed E-state index contributed by atoms with van der Waals surface area (Å²) in [4.78, 5) is 2.36. The van der Waals surface area contributed by atoms with Gasteiger partial charge in [-0.3, -0.25) is 0 Å². The van der Waals surface area contributed by atoms with Crippen molar-refractivity contribution in [3.8, 4) is 0 Å². The third-order valence-electron chi connectivity index (χ3n) is 3.07. The van der Waals surface area contributed by atoms with Gasteiger partial charge < -0.3 is 15.3 Å². The number of nitrogens with zero attached hydrogens (tertiary/aromatic N) is 1. The fraction of sp³-hybridized carbons (Fsp3) is 1.00. The van der Waals surface area contributed by atoms with Crippen LogP contribution >= 0.6 is 0 Å². The van der Waals surface area contributed by atoms with E-state index in [9.17, 15) is 0 Å². The molecule has 78 valence electrons. The number of rotatable bonds is 4. The third-order valence-corrected chi connectivity index (χ3v) is 3.07. The number of aliphatic hydroxyl groups is 1. The summed E-state index contributed by atoms with van der Waals surface area (Å²) in [6.07, 6.45) is 2.21. The van der Waals surface area contributed by atoms with Crippen molar-refractivity contribution >= 4 is 0 Å². The summed E-state index contributed by atoms with van der Waals surface area (Å²) < 4.78 is 0. The van der Waals surface area contributed by atoms with Crippen LogP contribution in [0.1, 0.15) is 26.7 Å². The number of likely N-dealkylation sites (N-methyl/N-ethyl adjacent to an activating group) is 1. The van der Waals surface area contributed by atoms with Crippen LogP contribution in [0.4, 0.5) is 0 Å². The Labute approximate surface area is 81.1 Å². The molecular formula is C10H22N2O. The molecule has 0 amide bonds. The summed E-state index contributed by atoms with van der Waals surface area (Å²) >= 11 is 0. The average molecular weight is 186 g/mol. The molecule has 0 saturated carbocycles. The van der Waals surface area contributed by atoms with Gasteiger partial charge in [0.15, 0.2) is 0 Å². The molecule has 1 aliphatic heterocycles. The van der Waals surface area contributed by atoms with Crippen LogP contribution in [0.15, 0.2) is 0 Å². The highest BCUT2D eigenvalue weighted by Crippen LogP contribution is 2.15. The number of hydrogen-bond donors (Lipinski definition) is 2. The molecule has 0 aromatic heterocycles. The number of likely N-dealkylation sites (tertiary alicyclic amines) is 1. The molecule has 1 saturated heterocycles. The molecule has 2 N–H and O–H groups in total. The van der Waals surface area contributed by atoms with Crippen molar-refractivity contribution in [2.75, 3.05) is 20.2 Å². The third kappa shape index (κ3) is 2.93. The van der Waals surface area contributed by atoms with Crippen molar-refractivity contribution in [3.63, 3.8) is 0 Å². The molecule has 3 heteroatoms. The molecule has 1 heterocycles. The van der Waals surface area contributed by atoms with E-state index in [1.807, 2.05) is 0 Å². The van der Waals surface area contributed by atoms with Crippen LogP contribution in [0.2, 0.25) is 0 Å². The predicted molar refractivity (Wildman–Crippen MR) is 54.8 cm³/mol. The first-order chi connectivity index (χ1) is 6.17. The maximum atomic E-state index is 9.04. The Morgan fingerprint density at radius 1 is 1.62 bits per heavy atom. The van der Waals surface area contributed by atoms with E-state index in [1.54, 1.807) is 0 Å². The van der Waals surface area contributed by atoms with Crippen molar-refractivity contribution in [2.45, 2.75) is 44.8 Å². The minimum absolute atomic E-state index is 0.255. The fourth-order valence-corrected chi connectivity index (χ4v) is 1.95. The van der Waals surface area contributed by atoms with E-state index in [2.05, 4.69) is 31.1 Å². The first-order valence-corrected chi connectivity index (χ1v) is 5.24. The van der Waals surface area contributed by atoms with Crippen LogP contribution in [0.5, 0.6) is 0 Å². The lowest BCUT2D eigenvalue weighted by Gasteiger charge is -2.19. The summed E-state index contributed by atoms with van der Waals surface area (Å²) in [7, 11) is 2.16. The molecule has 1 rings (SSSR count). The molecule has 0 spiro atoms. The lowest BCUT2D eigenvalue weighted by atomic mass is 10.1. The van der Waals surface area contributed by atoms with Crippen molar-refractivity contribution in [2.24, 2.45) is 0 Å². The van der Waals surface area contributed by atoms with Gasteiger partial charge >= 0.3 is 0 Å². The lowest BCUT2D eigenvalue weighted by Crippen LogP contribution is -2.41. The average Bonchev–Trinajstić information content (AvgIpc) is 2.42. The molecule has 0 aromatic carbocycles. The molecule has 3 nitrogen and oxygen atoms in total. The molecule has 0 aromatic rings. The Balaban J connectivity index is 2.30. The highest BCUT2D eigenvalue weighted by molar-refractivity contribution is 4.86. The van der Waals surface area contributed by atoms with Gasteiger partial charge in [-0.1, -0.05) is 6.92 Å². The van der Waals surface area contributed by atoms with Gasteiger partial charge in [0.1, 0.15) is 0 Å². The van der Waals surface area contributed by atoms with E-state index >= 15 is 0 Å². The van der Waals surface area contributed by atoms with E-state index < -0.39 is 0 Å². The zero-order valence-electron chi connectivity index (χ0n) is 8.95. The highest BCUT2D eigenvalue weighted by Gasteiger charge is 2.26. The smallest absolute Gasteiger partial charge is 0.0584 e. The normalized spacial score (nSPS) is 32.3. The molecule has 2 unspecified atom stereocenters. The van der Waals surface area contributed by atoms with Gasteiger partial charge in [-0.2, -0.15) is 0 Å². The first-order valence-electron chi connectivity index (χ1n) is 5.24. The summed E-state index contributed by atoms with van der Waals surface area (Å²) in [6, 6.07) is 1.52. The molecule has 0 radical (unpaired) electrons. The summed E-state index contributed by atoms with van der Waals surface area (Å²) in [5.41, 5.74) is 0. The molecule has 1 aliphatic rings. The van der Waals surface area contributed by atoms with E-state index in [0.717, 1.165) is 13.0 Å². The zero-order chi connectivity index (χ0) is 9.84. The van der Waals surface area contributed by atoms with Gasteiger partial charge in [0.25, 0.3) is 0 Å². The second kappa shape index (κ2) is 4.94. The quantitative estimate of drug-likeness (QED) is 0.669. The van der Waals surface area contributed by atoms with E-state index in [1.165, 1.54) is 6.42 Å². The monoisotopic (exact) mass is 186 g/mol. The van der Waals surface area contributed by atoms with Crippen molar-refractivity contribution in [1.82, 2.24) is 10.2 Å². The molecule has 3 atom stereocenters. The van der Waals surface area contributed by atoms with Gasteiger partial charge in [-0.05, 0) is 26.8 Å². The molecule has 13 heavy (non-hydrogen) atoms. The SMILES string of the molecule is CC[C@@H](CO)NC1CC(C)N(C)C1. The second-order valence-corrected chi connectivity index (χ2v) is 4.18. The van der Waals surface area contributed by atoms with E-state index in [-0.39, 0.29) is 12.6 Å². The molecule has 1 fully saturated rings. The topological polar surface area (TPSA) is 35.5 Å². The predicted octanol–water partition coefficient (Wildman–Crippen LogP) is 0.440. The first kappa shape index (κ1) is 11.0. The lowest BCUT2D eigenvalue weighted by molar-refractivity contribution is 0.227. The minimum Gasteiger partial charge on any atom is -0.395 e. The van der Waals surface area contributed by atoms with Crippen LogP contribution < -0.4 is 5.32 Å². The van der Waals surface area contributed by atoms with Crippen LogP contribution in [0.25, 0.3) is 0 Å². The van der Waals surface area contributed by atoms with Gasteiger partial charge in [0.05, 0.1) is 6.61 Å². The van der Waals surface area contributed by atoms with Crippen LogP contribution in [-0.2, 0) is 0 Å². The highest BCUT2D eigenvalue weighted by atomic mass is 16.3. The van der Waals surface area contributed by atoms with Crippen LogP contribution in [0, 0.1) is 0 Å². The van der Waals surface area contributed by atoms with Crippen LogP contribution in [-0.4, -0.2) is 48.3 Å². The Morgan fingerprint density at radius 3 is 2.69 bits per heavy atom. The summed E-state index contributed by atoms with van der Waals surface area (Å²) in [5.74, 6) is 0. The fourth-order valence-electron chi connectivity index (χ4n) is 1.95.